The van der Waals surface area contributed by atoms with Gasteiger partial charge in [0.25, 0.3) is 5.91 Å². The number of carbonyl (C=O) groups excluding carboxylic acids is 2. The van der Waals surface area contributed by atoms with Gasteiger partial charge in [0.05, 0.1) is 10.5 Å². The van der Waals surface area contributed by atoms with Crippen molar-refractivity contribution < 1.29 is 27.1 Å². The Morgan fingerprint density at radius 3 is 2.58 bits per heavy atom. The van der Waals surface area contributed by atoms with Crippen molar-refractivity contribution in [1.29, 1.82) is 0 Å². The van der Waals surface area contributed by atoms with Crippen LogP contribution in [-0.2, 0) is 26.0 Å². The Morgan fingerprint density at radius 1 is 1.19 bits per heavy atom. The molecule has 0 heterocycles. The Hall–Kier alpha value is -2.78. The number of hydrogen-bond donors (Lipinski definition) is 2. The summed E-state index contributed by atoms with van der Waals surface area (Å²) in [6.07, 6.45) is 0.790. The first-order valence-electron chi connectivity index (χ1n) is 7.59. The second kappa shape index (κ2) is 8.07. The van der Waals surface area contributed by atoms with Gasteiger partial charge < -0.3 is 10.1 Å². The molecule has 0 unspecified atom stereocenters. The van der Waals surface area contributed by atoms with E-state index in [1.807, 2.05) is 13.0 Å². The summed E-state index contributed by atoms with van der Waals surface area (Å²) >= 11 is 0. The SMILES string of the molecule is CCc1cccc(NC(=O)COC(=O)c2cc(S(N)(=O)=O)ccc2F)c1. The third kappa shape index (κ3) is 5.11. The monoisotopic (exact) mass is 380 g/mol. The zero-order chi connectivity index (χ0) is 19.3. The van der Waals surface area contributed by atoms with E-state index >= 15 is 0 Å². The lowest BCUT2D eigenvalue weighted by Gasteiger charge is -2.09. The standard InChI is InChI=1S/C17H17FN2O5S/c1-2-11-4-3-5-12(8-11)20-16(21)10-25-17(22)14-9-13(26(19,23)24)6-7-15(14)18/h3-9H,2,10H2,1H3,(H,20,21)(H2,19,23,24). The highest BCUT2D eigenvalue weighted by Gasteiger charge is 2.19. The van der Waals surface area contributed by atoms with E-state index < -0.39 is 44.8 Å². The number of ether oxygens (including phenoxy) is 1. The first-order valence-corrected chi connectivity index (χ1v) is 9.13. The number of primary sulfonamides is 1. The Kier molecular flexibility index (Phi) is 6.06. The van der Waals surface area contributed by atoms with Gasteiger partial charge in [-0.05, 0) is 42.3 Å². The molecule has 26 heavy (non-hydrogen) atoms. The van der Waals surface area contributed by atoms with Crippen molar-refractivity contribution in [2.75, 3.05) is 11.9 Å². The molecule has 7 nitrogen and oxygen atoms in total. The maximum Gasteiger partial charge on any atom is 0.341 e. The number of esters is 1. The third-order valence-corrected chi connectivity index (χ3v) is 4.35. The third-order valence-electron chi connectivity index (χ3n) is 3.44. The molecule has 0 saturated heterocycles. The summed E-state index contributed by atoms with van der Waals surface area (Å²) in [5, 5.41) is 7.49. The van der Waals surface area contributed by atoms with Crippen molar-refractivity contribution in [2.45, 2.75) is 18.2 Å². The molecule has 1 amide bonds. The molecule has 2 aromatic carbocycles. The first-order chi connectivity index (χ1) is 12.2. The molecule has 9 heteroatoms. The average molecular weight is 380 g/mol. The summed E-state index contributed by atoms with van der Waals surface area (Å²) in [7, 11) is -4.11. The lowest BCUT2D eigenvalue weighted by Crippen LogP contribution is -2.22. The van der Waals surface area contributed by atoms with E-state index in [1.54, 1.807) is 18.2 Å². The molecule has 0 saturated carbocycles. The fraction of sp³-hybridized carbons (Fsp3) is 0.176. The van der Waals surface area contributed by atoms with Crippen LogP contribution < -0.4 is 10.5 Å². The van der Waals surface area contributed by atoms with E-state index in [9.17, 15) is 22.4 Å². The average Bonchev–Trinajstić information content (AvgIpc) is 2.59. The predicted octanol–water partition coefficient (Wildman–Crippen LogP) is 1.83. The number of aryl methyl sites for hydroxylation is 1. The van der Waals surface area contributed by atoms with Crippen molar-refractivity contribution in [3.05, 3.63) is 59.4 Å². The molecule has 2 aromatic rings. The maximum atomic E-state index is 13.7. The zero-order valence-corrected chi connectivity index (χ0v) is 14.7. The molecule has 2 rings (SSSR count). The van der Waals surface area contributed by atoms with Crippen LogP contribution in [0, 0.1) is 5.82 Å². The minimum absolute atomic E-state index is 0.438. The number of anilines is 1. The van der Waals surface area contributed by atoms with Crippen LogP contribution in [0.5, 0.6) is 0 Å². The van der Waals surface area contributed by atoms with Crippen LogP contribution in [0.4, 0.5) is 10.1 Å². The van der Waals surface area contributed by atoms with Crippen molar-refractivity contribution >= 4 is 27.6 Å². The Bertz CT molecular complexity index is 944. The van der Waals surface area contributed by atoms with E-state index in [0.29, 0.717) is 5.69 Å². The molecule has 0 aliphatic carbocycles. The van der Waals surface area contributed by atoms with Crippen LogP contribution in [0.3, 0.4) is 0 Å². The number of nitrogens with two attached hydrogens (primary N) is 1. The number of rotatable bonds is 6. The van der Waals surface area contributed by atoms with Crippen LogP contribution in [0.25, 0.3) is 0 Å². The smallest absolute Gasteiger partial charge is 0.341 e. The highest BCUT2D eigenvalue weighted by atomic mass is 32.2. The Morgan fingerprint density at radius 2 is 1.92 bits per heavy atom. The van der Waals surface area contributed by atoms with Gasteiger partial charge in [0.15, 0.2) is 6.61 Å². The number of sulfonamides is 1. The number of nitrogens with one attached hydrogen (secondary N) is 1. The first kappa shape index (κ1) is 19.5. The predicted molar refractivity (Wildman–Crippen MR) is 92.5 cm³/mol. The van der Waals surface area contributed by atoms with Crippen molar-refractivity contribution in [3.63, 3.8) is 0 Å². The van der Waals surface area contributed by atoms with Crippen molar-refractivity contribution in [1.82, 2.24) is 0 Å². The van der Waals surface area contributed by atoms with Crippen LogP contribution in [0.1, 0.15) is 22.8 Å². The Labute approximate surface area is 150 Å². The summed E-state index contributed by atoms with van der Waals surface area (Å²) in [6.45, 7) is 1.31. The van der Waals surface area contributed by atoms with Gasteiger partial charge in [-0.3, -0.25) is 4.79 Å². The highest BCUT2D eigenvalue weighted by Crippen LogP contribution is 2.15. The van der Waals surface area contributed by atoms with Gasteiger partial charge in [-0.15, -0.1) is 0 Å². The molecule has 0 radical (unpaired) electrons. The summed E-state index contributed by atoms with van der Waals surface area (Å²) in [4.78, 5) is 23.3. The van der Waals surface area contributed by atoms with E-state index in [-0.39, 0.29) is 0 Å². The highest BCUT2D eigenvalue weighted by molar-refractivity contribution is 7.89. The lowest BCUT2D eigenvalue weighted by molar-refractivity contribution is -0.119. The second-order valence-electron chi connectivity index (χ2n) is 5.36. The minimum Gasteiger partial charge on any atom is -0.452 e. The molecular weight excluding hydrogens is 363 g/mol. The van der Waals surface area contributed by atoms with Gasteiger partial charge in [0.2, 0.25) is 10.0 Å². The number of halogens is 1. The normalized spacial score (nSPS) is 11.0. The molecule has 0 spiro atoms. The quantitative estimate of drug-likeness (QED) is 0.742. The topological polar surface area (TPSA) is 116 Å². The number of benzene rings is 2. The molecule has 0 aliphatic rings. The fourth-order valence-corrected chi connectivity index (χ4v) is 2.65. The van der Waals surface area contributed by atoms with Crippen LogP contribution in [0.2, 0.25) is 0 Å². The molecule has 3 N–H and O–H groups in total. The van der Waals surface area contributed by atoms with Crippen LogP contribution in [-0.4, -0.2) is 26.9 Å². The minimum atomic E-state index is -4.11. The number of carbonyl (C=O) groups is 2. The van der Waals surface area contributed by atoms with Gasteiger partial charge in [-0.1, -0.05) is 19.1 Å². The number of amides is 1. The van der Waals surface area contributed by atoms with Gasteiger partial charge in [-0.2, -0.15) is 0 Å². The molecule has 0 atom stereocenters. The fourth-order valence-electron chi connectivity index (χ4n) is 2.11. The molecule has 0 aromatic heterocycles. The molecular formula is C17H17FN2O5S. The largest absolute Gasteiger partial charge is 0.452 e. The molecule has 0 fully saturated rings. The molecule has 0 bridgehead atoms. The molecule has 138 valence electrons. The number of hydrogen-bond acceptors (Lipinski definition) is 5. The van der Waals surface area contributed by atoms with E-state index in [4.69, 9.17) is 9.88 Å². The maximum absolute atomic E-state index is 13.7. The van der Waals surface area contributed by atoms with Gasteiger partial charge >= 0.3 is 5.97 Å². The summed E-state index contributed by atoms with van der Waals surface area (Å²) in [6, 6.07) is 9.59. The lowest BCUT2D eigenvalue weighted by atomic mass is 10.1. The summed E-state index contributed by atoms with van der Waals surface area (Å²) in [5.41, 5.74) is 0.923. The van der Waals surface area contributed by atoms with Crippen molar-refractivity contribution in [2.24, 2.45) is 5.14 Å². The Balaban J connectivity index is 2.03. The van der Waals surface area contributed by atoms with Crippen LogP contribution in [0.15, 0.2) is 47.4 Å². The van der Waals surface area contributed by atoms with Gasteiger partial charge in [-0.25, -0.2) is 22.7 Å². The van der Waals surface area contributed by atoms with E-state index in [0.717, 1.165) is 30.2 Å². The van der Waals surface area contributed by atoms with Gasteiger partial charge in [0.1, 0.15) is 5.82 Å². The van der Waals surface area contributed by atoms with E-state index in [1.165, 1.54) is 0 Å². The summed E-state index contributed by atoms with van der Waals surface area (Å²) in [5.74, 6) is -2.78. The summed E-state index contributed by atoms with van der Waals surface area (Å²) < 4.78 is 41.0. The molecule has 0 aliphatic heterocycles. The van der Waals surface area contributed by atoms with Crippen LogP contribution >= 0.6 is 0 Å². The van der Waals surface area contributed by atoms with Gasteiger partial charge in [0, 0.05) is 5.69 Å². The zero-order valence-electron chi connectivity index (χ0n) is 13.9. The van der Waals surface area contributed by atoms with E-state index in [2.05, 4.69) is 5.32 Å². The second-order valence-corrected chi connectivity index (χ2v) is 6.93. The van der Waals surface area contributed by atoms with Crippen molar-refractivity contribution in [3.8, 4) is 0 Å².